The number of carbonyl (C=O) groups excluding carboxylic acids is 1. The lowest BCUT2D eigenvalue weighted by molar-refractivity contribution is 0.0338. The molecule has 0 aliphatic carbocycles. The first kappa shape index (κ1) is 22.0. The Labute approximate surface area is 190 Å². The first-order valence-electron chi connectivity index (χ1n) is 11.4. The number of aromatic nitrogens is 1. The summed E-state index contributed by atoms with van der Waals surface area (Å²) >= 11 is 0. The molecule has 166 valence electrons. The second-order valence-electron chi connectivity index (χ2n) is 8.24. The fraction of sp³-hybridized carbons (Fsp3) is 0.333. The van der Waals surface area contributed by atoms with Gasteiger partial charge in [-0.05, 0) is 49.6 Å². The summed E-state index contributed by atoms with van der Waals surface area (Å²) in [5.74, 6) is 1.07. The van der Waals surface area contributed by atoms with Crippen molar-refractivity contribution in [3.63, 3.8) is 0 Å². The highest BCUT2D eigenvalue weighted by molar-refractivity contribution is 5.94. The van der Waals surface area contributed by atoms with E-state index in [0.29, 0.717) is 6.04 Å². The van der Waals surface area contributed by atoms with Gasteiger partial charge >= 0.3 is 0 Å². The zero-order chi connectivity index (χ0) is 22.2. The van der Waals surface area contributed by atoms with Crippen LogP contribution in [0.4, 0.5) is 0 Å². The summed E-state index contributed by atoms with van der Waals surface area (Å²) in [7, 11) is 1.70. The lowest BCUT2D eigenvalue weighted by atomic mass is 9.99. The normalized spacial score (nSPS) is 18.2. The molecule has 1 unspecified atom stereocenters. The molecule has 0 saturated carbocycles. The minimum Gasteiger partial charge on any atom is -0.496 e. The summed E-state index contributed by atoms with van der Waals surface area (Å²) in [6, 6.07) is 22.5. The monoisotopic (exact) mass is 429 g/mol. The third-order valence-electron chi connectivity index (χ3n) is 6.23. The summed E-state index contributed by atoms with van der Waals surface area (Å²) in [5.41, 5.74) is 3.08. The number of pyridine rings is 1. The highest BCUT2D eigenvalue weighted by Crippen LogP contribution is 2.28. The van der Waals surface area contributed by atoms with Crippen molar-refractivity contribution in [1.82, 2.24) is 14.8 Å². The molecule has 2 aliphatic heterocycles. The third-order valence-corrected chi connectivity index (χ3v) is 6.23. The molecule has 3 aromatic rings. The molecule has 32 heavy (non-hydrogen) atoms. The van der Waals surface area contributed by atoms with Crippen molar-refractivity contribution < 1.29 is 9.53 Å². The van der Waals surface area contributed by atoms with Crippen LogP contribution in [-0.2, 0) is 0 Å². The van der Waals surface area contributed by atoms with Crippen LogP contribution < -0.4 is 4.74 Å². The Hall–Kier alpha value is -3.18. The molecule has 2 aliphatic rings. The van der Waals surface area contributed by atoms with Crippen molar-refractivity contribution >= 4 is 5.91 Å². The summed E-state index contributed by atoms with van der Waals surface area (Å²) in [6.07, 6.45) is 6.93. The predicted molar refractivity (Wildman–Crippen MR) is 128 cm³/mol. The average molecular weight is 430 g/mol. The number of benzene rings is 2. The van der Waals surface area contributed by atoms with E-state index in [1.165, 1.54) is 31.5 Å². The molecule has 0 spiro atoms. The molecule has 0 N–H and O–H groups in total. The zero-order valence-corrected chi connectivity index (χ0v) is 18.7. The molecular formula is C27H31N3O2. The van der Waals surface area contributed by atoms with Gasteiger partial charge < -0.3 is 9.64 Å². The van der Waals surface area contributed by atoms with Gasteiger partial charge in [-0.2, -0.15) is 0 Å². The van der Waals surface area contributed by atoms with Crippen LogP contribution in [0.15, 0.2) is 79.1 Å². The SMILES string of the molecule is COc1ccccc1-c1ccccc1.O=C(c1ccncc1)N1CCCCN2CCC2C1. The Morgan fingerprint density at radius 2 is 1.62 bits per heavy atom. The highest BCUT2D eigenvalue weighted by Gasteiger charge is 2.32. The largest absolute Gasteiger partial charge is 0.496 e. The number of methoxy groups -OCH3 is 1. The fourth-order valence-corrected chi connectivity index (χ4v) is 4.32. The Morgan fingerprint density at radius 3 is 2.34 bits per heavy atom. The molecule has 1 atom stereocenters. The number of nitrogens with zero attached hydrogens (tertiary/aromatic N) is 3. The summed E-state index contributed by atoms with van der Waals surface area (Å²) in [4.78, 5) is 20.9. The van der Waals surface area contributed by atoms with Gasteiger partial charge in [-0.3, -0.25) is 14.7 Å². The van der Waals surface area contributed by atoms with E-state index in [9.17, 15) is 4.79 Å². The Balaban J connectivity index is 0.000000158. The molecule has 1 amide bonds. The van der Waals surface area contributed by atoms with E-state index in [0.717, 1.165) is 36.4 Å². The minimum absolute atomic E-state index is 0.158. The highest BCUT2D eigenvalue weighted by atomic mass is 16.5. The van der Waals surface area contributed by atoms with Crippen LogP contribution in [0.1, 0.15) is 29.6 Å². The molecule has 5 heteroatoms. The Kier molecular flexibility index (Phi) is 7.51. The van der Waals surface area contributed by atoms with Crippen molar-refractivity contribution in [2.24, 2.45) is 0 Å². The van der Waals surface area contributed by atoms with Crippen LogP contribution in [0.5, 0.6) is 5.75 Å². The number of para-hydroxylation sites is 1. The second kappa shape index (κ2) is 10.9. The zero-order valence-electron chi connectivity index (χ0n) is 18.7. The van der Waals surface area contributed by atoms with Gasteiger partial charge in [0, 0.05) is 49.2 Å². The average Bonchev–Trinajstić information content (AvgIpc) is 2.85. The van der Waals surface area contributed by atoms with Crippen LogP contribution in [0.3, 0.4) is 0 Å². The van der Waals surface area contributed by atoms with Gasteiger partial charge in [0.05, 0.1) is 7.11 Å². The Morgan fingerprint density at radius 1 is 0.906 bits per heavy atom. The molecule has 2 saturated heterocycles. The number of rotatable bonds is 3. The van der Waals surface area contributed by atoms with E-state index in [4.69, 9.17) is 4.74 Å². The first-order valence-corrected chi connectivity index (χ1v) is 11.4. The van der Waals surface area contributed by atoms with Gasteiger partial charge in [-0.15, -0.1) is 0 Å². The van der Waals surface area contributed by atoms with Gasteiger partial charge in [0.15, 0.2) is 0 Å². The van der Waals surface area contributed by atoms with Crippen LogP contribution >= 0.6 is 0 Å². The topological polar surface area (TPSA) is 45.7 Å². The summed E-state index contributed by atoms with van der Waals surface area (Å²) in [5, 5.41) is 0. The van der Waals surface area contributed by atoms with Crippen LogP contribution in [0, 0.1) is 0 Å². The quantitative estimate of drug-likeness (QED) is 0.603. The van der Waals surface area contributed by atoms with Gasteiger partial charge in [0.2, 0.25) is 0 Å². The molecule has 0 radical (unpaired) electrons. The third kappa shape index (κ3) is 5.35. The van der Waals surface area contributed by atoms with E-state index in [-0.39, 0.29) is 5.91 Å². The molecular weight excluding hydrogens is 398 g/mol. The number of amides is 1. The molecule has 2 fully saturated rings. The van der Waals surface area contributed by atoms with E-state index in [2.05, 4.69) is 28.1 Å². The van der Waals surface area contributed by atoms with Crippen LogP contribution in [-0.4, -0.2) is 60.0 Å². The first-order chi connectivity index (χ1) is 15.8. The molecule has 3 heterocycles. The standard InChI is InChI=1S/C14H19N3O.C13H12O/c18-14(12-3-6-15-7-4-12)17-9-2-1-8-16-10-5-13(16)11-17;1-14-13-10-6-5-9-12(13)11-7-3-2-4-8-11/h3-4,6-7,13H,1-2,5,8-11H2;2-10H,1H3. The maximum atomic E-state index is 12.4. The number of hydrogen-bond donors (Lipinski definition) is 0. The maximum absolute atomic E-state index is 12.4. The van der Waals surface area contributed by atoms with E-state index in [1.54, 1.807) is 31.6 Å². The minimum atomic E-state index is 0.158. The molecule has 5 nitrogen and oxygen atoms in total. The second-order valence-corrected chi connectivity index (χ2v) is 8.24. The van der Waals surface area contributed by atoms with E-state index < -0.39 is 0 Å². The summed E-state index contributed by atoms with van der Waals surface area (Å²) in [6.45, 7) is 4.20. The van der Waals surface area contributed by atoms with Crippen molar-refractivity contribution in [2.45, 2.75) is 25.3 Å². The van der Waals surface area contributed by atoms with Gasteiger partial charge in [0.1, 0.15) is 5.75 Å². The summed E-state index contributed by atoms with van der Waals surface area (Å²) < 4.78 is 5.30. The fourth-order valence-electron chi connectivity index (χ4n) is 4.32. The number of hydrogen-bond acceptors (Lipinski definition) is 4. The van der Waals surface area contributed by atoms with Crippen LogP contribution in [0.25, 0.3) is 11.1 Å². The van der Waals surface area contributed by atoms with Crippen molar-refractivity contribution in [3.05, 3.63) is 84.7 Å². The maximum Gasteiger partial charge on any atom is 0.254 e. The smallest absolute Gasteiger partial charge is 0.254 e. The van der Waals surface area contributed by atoms with Crippen molar-refractivity contribution in [3.8, 4) is 16.9 Å². The van der Waals surface area contributed by atoms with Gasteiger partial charge in [0.25, 0.3) is 5.91 Å². The molecule has 2 aromatic carbocycles. The van der Waals surface area contributed by atoms with Gasteiger partial charge in [-0.1, -0.05) is 48.5 Å². The van der Waals surface area contributed by atoms with Gasteiger partial charge in [-0.25, -0.2) is 0 Å². The number of ether oxygens (including phenoxy) is 1. The molecule has 0 bridgehead atoms. The van der Waals surface area contributed by atoms with Crippen molar-refractivity contribution in [2.75, 3.05) is 33.3 Å². The van der Waals surface area contributed by atoms with E-state index >= 15 is 0 Å². The molecule has 1 aromatic heterocycles. The van der Waals surface area contributed by atoms with Crippen LogP contribution in [0.2, 0.25) is 0 Å². The van der Waals surface area contributed by atoms with Crippen molar-refractivity contribution in [1.29, 1.82) is 0 Å². The Bertz CT molecular complexity index is 994. The number of carbonyl (C=O) groups is 1. The predicted octanol–water partition coefficient (Wildman–Crippen LogP) is 4.75. The molecule has 5 rings (SSSR count). The van der Waals surface area contributed by atoms with E-state index in [1.807, 2.05) is 41.3 Å². The lowest BCUT2D eigenvalue weighted by Gasteiger charge is -2.45. The lowest BCUT2D eigenvalue weighted by Crippen LogP contribution is -2.56. The number of fused-ring (bicyclic) bond motifs is 1.